The Labute approximate surface area is 151 Å². The Morgan fingerprint density at radius 1 is 1.00 bits per heavy atom. The number of ketones is 1. The highest BCUT2D eigenvalue weighted by Crippen LogP contribution is 2.14. The molecule has 5 heteroatoms. The predicted molar refractivity (Wildman–Crippen MR) is 105 cm³/mol. The molecule has 0 saturated carbocycles. The van der Waals surface area contributed by atoms with Gasteiger partial charge >= 0.3 is 0 Å². The van der Waals surface area contributed by atoms with Gasteiger partial charge in [-0.2, -0.15) is 25.3 Å². The molecule has 0 bridgehead atoms. The fourth-order valence-electron chi connectivity index (χ4n) is 2.53. The first kappa shape index (κ1) is 20.6. The van der Waals surface area contributed by atoms with E-state index in [0.29, 0.717) is 6.54 Å². The molecule has 130 valence electrons. The number of hydrogen-bond donors (Lipinski definition) is 4. The Morgan fingerprint density at radius 2 is 1.52 bits per heavy atom. The molecule has 0 amide bonds. The SMILES string of the molecule is CC(C)NC(CNCc1cc(CS)cc(CS)c1)C(=O)C(C)C. The van der Waals surface area contributed by atoms with E-state index in [0.717, 1.165) is 18.1 Å². The first-order chi connectivity index (χ1) is 10.9. The fraction of sp³-hybridized carbons (Fsp3) is 0.611. The molecule has 23 heavy (non-hydrogen) atoms. The zero-order valence-electron chi connectivity index (χ0n) is 14.6. The minimum absolute atomic E-state index is 0.0383. The van der Waals surface area contributed by atoms with Crippen molar-refractivity contribution in [3.8, 4) is 0 Å². The monoisotopic (exact) mass is 354 g/mol. The summed E-state index contributed by atoms with van der Waals surface area (Å²) in [5.41, 5.74) is 3.61. The van der Waals surface area contributed by atoms with E-state index in [-0.39, 0.29) is 23.8 Å². The summed E-state index contributed by atoms with van der Waals surface area (Å²) in [5.74, 6) is 1.73. The molecule has 0 aromatic heterocycles. The second-order valence-corrected chi connectivity index (χ2v) is 7.17. The molecule has 0 heterocycles. The molecule has 0 radical (unpaired) electrons. The normalized spacial score (nSPS) is 12.9. The van der Waals surface area contributed by atoms with E-state index >= 15 is 0 Å². The van der Waals surface area contributed by atoms with Gasteiger partial charge in [0.15, 0.2) is 5.78 Å². The maximum Gasteiger partial charge on any atom is 0.153 e. The van der Waals surface area contributed by atoms with E-state index in [2.05, 4.69) is 67.9 Å². The van der Waals surface area contributed by atoms with Gasteiger partial charge in [-0.15, -0.1) is 0 Å². The van der Waals surface area contributed by atoms with Gasteiger partial charge in [-0.25, -0.2) is 0 Å². The first-order valence-corrected chi connectivity index (χ1v) is 9.47. The Balaban J connectivity index is 2.67. The summed E-state index contributed by atoms with van der Waals surface area (Å²) < 4.78 is 0. The van der Waals surface area contributed by atoms with Crippen LogP contribution in [0, 0.1) is 5.92 Å². The molecule has 1 atom stereocenters. The maximum atomic E-state index is 12.3. The number of hydrogen-bond acceptors (Lipinski definition) is 5. The largest absolute Gasteiger partial charge is 0.311 e. The van der Waals surface area contributed by atoms with Crippen LogP contribution in [0.15, 0.2) is 18.2 Å². The van der Waals surface area contributed by atoms with Crippen molar-refractivity contribution in [2.75, 3.05) is 6.54 Å². The molecule has 1 unspecified atom stereocenters. The summed E-state index contributed by atoms with van der Waals surface area (Å²) in [6.07, 6.45) is 0. The van der Waals surface area contributed by atoms with E-state index in [9.17, 15) is 4.79 Å². The highest BCUT2D eigenvalue weighted by Gasteiger charge is 2.21. The van der Waals surface area contributed by atoms with Crippen molar-refractivity contribution in [3.05, 3.63) is 34.9 Å². The first-order valence-electron chi connectivity index (χ1n) is 8.21. The summed E-state index contributed by atoms with van der Waals surface area (Å²) >= 11 is 8.71. The van der Waals surface area contributed by atoms with Crippen LogP contribution in [-0.2, 0) is 22.8 Å². The smallest absolute Gasteiger partial charge is 0.153 e. The molecule has 0 fully saturated rings. The maximum absolute atomic E-state index is 12.3. The van der Waals surface area contributed by atoms with Crippen molar-refractivity contribution in [3.63, 3.8) is 0 Å². The van der Waals surface area contributed by atoms with E-state index in [1.807, 2.05) is 13.8 Å². The lowest BCUT2D eigenvalue weighted by atomic mass is 10.0. The van der Waals surface area contributed by atoms with Crippen LogP contribution >= 0.6 is 25.3 Å². The van der Waals surface area contributed by atoms with Crippen molar-refractivity contribution in [1.82, 2.24) is 10.6 Å². The third-order valence-corrected chi connectivity index (χ3v) is 4.33. The lowest BCUT2D eigenvalue weighted by Gasteiger charge is -2.22. The topological polar surface area (TPSA) is 41.1 Å². The summed E-state index contributed by atoms with van der Waals surface area (Å²) in [4.78, 5) is 12.3. The Bertz CT molecular complexity index is 482. The number of rotatable bonds is 10. The van der Waals surface area contributed by atoms with Crippen LogP contribution in [0.5, 0.6) is 0 Å². The molecule has 1 aromatic carbocycles. The van der Waals surface area contributed by atoms with E-state index in [1.165, 1.54) is 16.7 Å². The molecule has 1 aromatic rings. The van der Waals surface area contributed by atoms with E-state index in [1.54, 1.807) is 0 Å². The number of Topliss-reactive ketones (excluding diaryl/α,β-unsaturated/α-hetero) is 1. The molecule has 0 aliphatic heterocycles. The van der Waals surface area contributed by atoms with Crippen LogP contribution in [-0.4, -0.2) is 24.4 Å². The van der Waals surface area contributed by atoms with Crippen LogP contribution < -0.4 is 10.6 Å². The lowest BCUT2D eigenvalue weighted by Crippen LogP contribution is -2.48. The van der Waals surface area contributed by atoms with Crippen LogP contribution in [0.2, 0.25) is 0 Å². The van der Waals surface area contributed by atoms with Crippen LogP contribution in [0.3, 0.4) is 0 Å². The van der Waals surface area contributed by atoms with Gasteiger partial charge in [-0.3, -0.25) is 4.79 Å². The molecular weight excluding hydrogens is 324 g/mol. The Kier molecular flexibility index (Phi) is 9.29. The number of benzene rings is 1. The van der Waals surface area contributed by atoms with Crippen LogP contribution in [0.1, 0.15) is 44.4 Å². The zero-order valence-corrected chi connectivity index (χ0v) is 16.4. The average molecular weight is 355 g/mol. The van der Waals surface area contributed by atoms with Crippen molar-refractivity contribution >= 4 is 31.0 Å². The molecule has 1 rings (SSSR count). The molecule has 0 saturated heterocycles. The zero-order chi connectivity index (χ0) is 17.4. The number of carbonyl (C=O) groups is 1. The Hall–Kier alpha value is -0.490. The second kappa shape index (κ2) is 10.4. The molecule has 2 N–H and O–H groups in total. The molecule has 0 spiro atoms. The van der Waals surface area contributed by atoms with Crippen LogP contribution in [0.25, 0.3) is 0 Å². The predicted octanol–water partition coefficient (Wildman–Crippen LogP) is 3.23. The fourth-order valence-corrected chi connectivity index (χ4v) is 2.90. The lowest BCUT2D eigenvalue weighted by molar-refractivity contribution is -0.124. The summed E-state index contributed by atoms with van der Waals surface area (Å²) in [6.45, 7) is 9.41. The van der Waals surface area contributed by atoms with Gasteiger partial charge < -0.3 is 10.6 Å². The minimum Gasteiger partial charge on any atom is -0.311 e. The van der Waals surface area contributed by atoms with Gasteiger partial charge in [0.25, 0.3) is 0 Å². The van der Waals surface area contributed by atoms with Crippen molar-refractivity contribution in [1.29, 1.82) is 0 Å². The standard InChI is InChI=1S/C18H30N2OS2/c1-12(2)18(21)17(20-13(3)4)9-19-8-14-5-15(10-22)7-16(6-14)11-23/h5-7,12-13,17,19-20,22-23H,8-11H2,1-4H3. The van der Waals surface area contributed by atoms with Crippen LogP contribution in [0.4, 0.5) is 0 Å². The van der Waals surface area contributed by atoms with Crippen molar-refractivity contribution < 1.29 is 4.79 Å². The van der Waals surface area contributed by atoms with Gasteiger partial charge in [0.2, 0.25) is 0 Å². The third kappa shape index (κ3) is 7.29. The molecule has 3 nitrogen and oxygen atoms in total. The van der Waals surface area contributed by atoms with Gasteiger partial charge in [0, 0.05) is 36.6 Å². The average Bonchev–Trinajstić information content (AvgIpc) is 2.52. The summed E-state index contributed by atoms with van der Waals surface area (Å²) in [6, 6.07) is 6.58. The molecular formula is C18H30N2OS2. The quantitative estimate of drug-likeness (QED) is 0.488. The van der Waals surface area contributed by atoms with Crippen molar-refractivity contribution in [2.45, 2.75) is 57.8 Å². The Morgan fingerprint density at radius 3 is 1.96 bits per heavy atom. The third-order valence-electron chi connectivity index (χ3n) is 3.60. The highest BCUT2D eigenvalue weighted by molar-refractivity contribution is 7.79. The molecule has 0 aliphatic rings. The van der Waals surface area contributed by atoms with E-state index in [4.69, 9.17) is 0 Å². The summed E-state index contributed by atoms with van der Waals surface area (Å²) in [7, 11) is 0. The van der Waals surface area contributed by atoms with Gasteiger partial charge in [-0.05, 0) is 16.7 Å². The number of nitrogens with one attached hydrogen (secondary N) is 2. The molecule has 0 aliphatic carbocycles. The highest BCUT2D eigenvalue weighted by atomic mass is 32.1. The number of carbonyl (C=O) groups excluding carboxylic acids is 1. The number of thiol groups is 2. The van der Waals surface area contributed by atoms with Gasteiger partial charge in [0.05, 0.1) is 6.04 Å². The second-order valence-electron chi connectivity index (χ2n) is 6.54. The summed E-state index contributed by atoms with van der Waals surface area (Å²) in [5, 5.41) is 6.77. The van der Waals surface area contributed by atoms with E-state index < -0.39 is 0 Å². The van der Waals surface area contributed by atoms with Gasteiger partial charge in [-0.1, -0.05) is 45.9 Å². The van der Waals surface area contributed by atoms with Gasteiger partial charge in [0.1, 0.15) is 0 Å². The van der Waals surface area contributed by atoms with Crippen molar-refractivity contribution in [2.24, 2.45) is 5.92 Å². The minimum atomic E-state index is -0.146.